The second kappa shape index (κ2) is 9.74. The fourth-order valence-electron chi connectivity index (χ4n) is 4.43. The highest BCUT2D eigenvalue weighted by molar-refractivity contribution is 7.89. The standard InChI is InChI=1S/C27H23N5O3S2/c1-17-7-4-14-23-24(30-31-27(36)29-20-11-6-12-21(15-20)37(28,34)35)26(33)32(25(17)23)16-19-10-5-9-18-8-2-3-13-22(18)19/h2-15H,16H2,1H3,(H2,28,34,35)(H2,29,31,36). The third-order valence-electron chi connectivity index (χ3n) is 6.11. The topological polar surface area (TPSA) is 117 Å². The lowest BCUT2D eigenvalue weighted by molar-refractivity contribution is -0.112. The molecule has 4 aromatic carbocycles. The molecule has 0 atom stereocenters. The molecule has 1 aliphatic heterocycles. The van der Waals surface area contributed by atoms with Gasteiger partial charge in [0.2, 0.25) is 10.0 Å². The fourth-order valence-corrected chi connectivity index (χ4v) is 5.15. The van der Waals surface area contributed by atoms with Crippen molar-refractivity contribution in [2.24, 2.45) is 10.2 Å². The van der Waals surface area contributed by atoms with Crippen LogP contribution in [0, 0.1) is 6.92 Å². The molecule has 1 heterocycles. The number of hydrogen-bond donors (Lipinski definition) is 3. The molecule has 10 heteroatoms. The van der Waals surface area contributed by atoms with E-state index in [1.165, 1.54) is 12.1 Å². The normalized spacial score (nSPS) is 14.2. The minimum atomic E-state index is -3.86. The van der Waals surface area contributed by atoms with Crippen molar-refractivity contribution >= 4 is 61.1 Å². The zero-order valence-corrected chi connectivity index (χ0v) is 21.4. The van der Waals surface area contributed by atoms with Crippen molar-refractivity contribution in [3.63, 3.8) is 0 Å². The molecule has 0 radical (unpaired) electrons. The molecule has 0 unspecified atom stereocenters. The Labute approximate surface area is 219 Å². The molecule has 4 N–H and O–H groups in total. The predicted molar refractivity (Wildman–Crippen MR) is 150 cm³/mol. The molecular formula is C27H23N5O3S2. The van der Waals surface area contributed by atoms with Crippen LogP contribution in [0.5, 0.6) is 0 Å². The summed E-state index contributed by atoms with van der Waals surface area (Å²) in [5.74, 6) is -0.247. The van der Waals surface area contributed by atoms with Gasteiger partial charge in [0, 0.05) is 11.3 Å². The van der Waals surface area contributed by atoms with Gasteiger partial charge >= 0.3 is 0 Å². The Morgan fingerprint density at radius 1 is 1.00 bits per heavy atom. The maximum atomic E-state index is 13.6. The lowest BCUT2D eigenvalue weighted by atomic mass is 10.0. The van der Waals surface area contributed by atoms with Gasteiger partial charge < -0.3 is 10.2 Å². The van der Waals surface area contributed by atoms with E-state index < -0.39 is 10.0 Å². The van der Waals surface area contributed by atoms with Gasteiger partial charge in [-0.05, 0) is 59.2 Å². The van der Waals surface area contributed by atoms with Gasteiger partial charge in [0.1, 0.15) is 0 Å². The number of fused-ring (bicyclic) bond motifs is 2. The molecule has 1 amide bonds. The smallest absolute Gasteiger partial charge is 0.279 e. The average molecular weight is 530 g/mol. The van der Waals surface area contributed by atoms with Crippen LogP contribution in [0.25, 0.3) is 10.8 Å². The summed E-state index contributed by atoms with van der Waals surface area (Å²) in [7, 11) is -3.86. The molecule has 8 nitrogen and oxygen atoms in total. The molecule has 0 saturated carbocycles. The number of hydrogen-bond acceptors (Lipinski definition) is 5. The summed E-state index contributed by atoms with van der Waals surface area (Å²) in [6.45, 7) is 2.35. The van der Waals surface area contributed by atoms with Gasteiger partial charge in [-0.1, -0.05) is 66.7 Å². The van der Waals surface area contributed by atoms with Crippen LogP contribution in [-0.2, 0) is 21.4 Å². The number of sulfonamides is 1. The number of benzene rings is 4. The van der Waals surface area contributed by atoms with E-state index in [9.17, 15) is 13.2 Å². The molecule has 0 aliphatic carbocycles. The van der Waals surface area contributed by atoms with Gasteiger partial charge in [-0.25, -0.2) is 13.6 Å². The van der Waals surface area contributed by atoms with Crippen LogP contribution in [-0.4, -0.2) is 25.1 Å². The summed E-state index contributed by atoms with van der Waals surface area (Å²) < 4.78 is 23.2. The first-order valence-electron chi connectivity index (χ1n) is 11.4. The van der Waals surface area contributed by atoms with Crippen molar-refractivity contribution in [3.8, 4) is 0 Å². The zero-order chi connectivity index (χ0) is 26.2. The lowest BCUT2D eigenvalue weighted by Gasteiger charge is -2.20. The van der Waals surface area contributed by atoms with Crippen LogP contribution < -0.4 is 20.8 Å². The molecule has 0 bridgehead atoms. The molecule has 0 fully saturated rings. The first kappa shape index (κ1) is 24.6. The Hall–Kier alpha value is -4.12. The van der Waals surface area contributed by atoms with E-state index in [4.69, 9.17) is 17.4 Å². The number of carbonyl (C=O) groups excluding carboxylic acids is 1. The zero-order valence-electron chi connectivity index (χ0n) is 19.8. The first-order chi connectivity index (χ1) is 17.7. The average Bonchev–Trinajstić information content (AvgIpc) is 3.14. The Bertz CT molecular complexity index is 1690. The summed E-state index contributed by atoms with van der Waals surface area (Å²) in [4.78, 5) is 15.3. The summed E-state index contributed by atoms with van der Waals surface area (Å²) in [6.07, 6.45) is 0. The molecule has 0 saturated heterocycles. The van der Waals surface area contributed by atoms with Crippen LogP contribution in [0.3, 0.4) is 0 Å². The Balaban J connectivity index is 1.42. The second-order valence-corrected chi connectivity index (χ2v) is 10.6. The van der Waals surface area contributed by atoms with E-state index in [0.29, 0.717) is 17.8 Å². The van der Waals surface area contributed by atoms with E-state index in [1.54, 1.807) is 17.0 Å². The number of rotatable bonds is 5. The molecule has 5 rings (SSSR count). The maximum absolute atomic E-state index is 13.6. The number of amides is 1. The number of nitrogens with two attached hydrogens (primary N) is 1. The van der Waals surface area contributed by atoms with Gasteiger partial charge in [-0.3, -0.25) is 10.2 Å². The largest absolute Gasteiger partial charge is 0.331 e. The molecule has 37 heavy (non-hydrogen) atoms. The van der Waals surface area contributed by atoms with E-state index in [0.717, 1.165) is 27.6 Å². The number of nitrogens with zero attached hydrogens (tertiary/aromatic N) is 2. The van der Waals surface area contributed by atoms with Gasteiger partial charge in [0.05, 0.1) is 17.1 Å². The highest BCUT2D eigenvalue weighted by Gasteiger charge is 2.35. The fraction of sp³-hybridized carbons (Fsp3) is 0.0741. The van der Waals surface area contributed by atoms with Gasteiger partial charge in [0.25, 0.3) is 5.91 Å². The predicted octanol–water partition coefficient (Wildman–Crippen LogP) is 4.03. The summed E-state index contributed by atoms with van der Waals surface area (Å²) in [6, 6.07) is 25.8. The molecule has 1 aliphatic rings. The van der Waals surface area contributed by atoms with Crippen LogP contribution in [0.2, 0.25) is 0 Å². The van der Waals surface area contributed by atoms with Crippen molar-refractivity contribution in [1.82, 2.24) is 5.43 Å². The highest BCUT2D eigenvalue weighted by atomic mass is 32.2. The maximum Gasteiger partial charge on any atom is 0.279 e. The quantitative estimate of drug-likeness (QED) is 0.265. The van der Waals surface area contributed by atoms with Crippen molar-refractivity contribution in [2.75, 3.05) is 10.2 Å². The number of para-hydroxylation sites is 1. The van der Waals surface area contributed by atoms with E-state index >= 15 is 0 Å². The Morgan fingerprint density at radius 3 is 2.54 bits per heavy atom. The molecule has 0 spiro atoms. The van der Waals surface area contributed by atoms with Crippen LogP contribution in [0.15, 0.2) is 94.9 Å². The van der Waals surface area contributed by atoms with Crippen molar-refractivity contribution in [3.05, 3.63) is 102 Å². The van der Waals surface area contributed by atoms with Gasteiger partial charge in [0.15, 0.2) is 10.8 Å². The van der Waals surface area contributed by atoms with E-state index in [-0.39, 0.29) is 21.6 Å². The number of aryl methyl sites for hydroxylation is 1. The van der Waals surface area contributed by atoms with Crippen LogP contribution >= 0.6 is 12.2 Å². The number of thiocarbonyl (C=S) groups is 1. The molecule has 186 valence electrons. The summed E-state index contributed by atoms with van der Waals surface area (Å²) in [5, 5.41) is 14.7. The van der Waals surface area contributed by atoms with Crippen LogP contribution in [0.4, 0.5) is 11.4 Å². The van der Waals surface area contributed by atoms with Crippen molar-refractivity contribution < 1.29 is 13.2 Å². The minimum absolute atomic E-state index is 0.0499. The molecule has 0 aromatic heterocycles. The minimum Gasteiger partial charge on any atom is -0.331 e. The summed E-state index contributed by atoms with van der Waals surface area (Å²) >= 11 is 5.32. The van der Waals surface area contributed by atoms with Crippen LogP contribution in [0.1, 0.15) is 16.7 Å². The SMILES string of the molecule is Cc1cccc2c1N(Cc1cccc3ccccc13)C(=O)C2=NNC(=S)Nc1cccc(S(N)(=O)=O)c1. The number of carbonyl (C=O) groups is 1. The number of nitrogens with one attached hydrogen (secondary N) is 2. The Kier molecular flexibility index (Phi) is 6.46. The van der Waals surface area contributed by atoms with Crippen molar-refractivity contribution in [2.45, 2.75) is 18.4 Å². The molecule has 4 aromatic rings. The number of anilines is 2. The van der Waals surface area contributed by atoms with E-state index in [2.05, 4.69) is 21.9 Å². The second-order valence-electron chi connectivity index (χ2n) is 8.60. The highest BCUT2D eigenvalue weighted by Crippen LogP contribution is 2.34. The third-order valence-corrected chi connectivity index (χ3v) is 7.21. The van der Waals surface area contributed by atoms with E-state index in [1.807, 2.05) is 61.5 Å². The monoisotopic (exact) mass is 529 g/mol. The first-order valence-corrected chi connectivity index (χ1v) is 13.3. The molecular weight excluding hydrogens is 506 g/mol. The lowest BCUT2D eigenvalue weighted by Crippen LogP contribution is -2.32. The Morgan fingerprint density at radius 2 is 1.73 bits per heavy atom. The number of primary sulfonamides is 1. The summed E-state index contributed by atoms with van der Waals surface area (Å²) in [5.41, 5.74) is 6.86. The van der Waals surface area contributed by atoms with Gasteiger partial charge in [-0.2, -0.15) is 5.10 Å². The van der Waals surface area contributed by atoms with Crippen molar-refractivity contribution in [1.29, 1.82) is 0 Å². The third kappa shape index (κ3) is 4.94. The van der Waals surface area contributed by atoms with Gasteiger partial charge in [-0.15, -0.1) is 0 Å². The number of hydrazone groups is 1.